The van der Waals surface area contributed by atoms with Gasteiger partial charge in [0.2, 0.25) is 0 Å². The molecule has 2 aromatic rings. The second-order valence-electron chi connectivity index (χ2n) is 4.14. The van der Waals surface area contributed by atoms with Crippen LogP contribution in [-0.4, -0.2) is 13.5 Å². The van der Waals surface area contributed by atoms with Gasteiger partial charge < -0.3 is 5.11 Å². The van der Waals surface area contributed by atoms with Gasteiger partial charge in [-0.15, -0.1) is 0 Å². The van der Waals surface area contributed by atoms with E-state index in [9.17, 15) is 17.2 Å². The number of nitrogens with one attached hydrogen (secondary N) is 1. The Morgan fingerprint density at radius 1 is 1.10 bits per heavy atom. The first kappa shape index (κ1) is 16.1. The predicted molar refractivity (Wildman–Crippen MR) is 82.2 cm³/mol. The average molecular weight is 425 g/mol. The molecule has 0 amide bonds. The smallest absolute Gasteiger partial charge is 0.262 e. The standard InChI is InChI=1S/C13H10F2INO3S/c14-9-3-4-12(11(16)5-9)17-21(19,20)13-6-10(15)2-1-8(13)7-18/h1-6,17-18H,7H2. The van der Waals surface area contributed by atoms with Gasteiger partial charge in [-0.1, -0.05) is 6.07 Å². The molecule has 0 fully saturated rings. The molecule has 2 N–H and O–H groups in total. The molecule has 112 valence electrons. The summed E-state index contributed by atoms with van der Waals surface area (Å²) in [6.07, 6.45) is 0. The molecule has 2 aromatic carbocycles. The molecule has 0 atom stereocenters. The fraction of sp³-hybridized carbons (Fsp3) is 0.0769. The number of halogens is 3. The van der Waals surface area contributed by atoms with Crippen LogP contribution in [0.4, 0.5) is 14.5 Å². The van der Waals surface area contributed by atoms with Crippen LogP contribution >= 0.6 is 22.6 Å². The minimum absolute atomic E-state index is 0.0704. The fourth-order valence-electron chi connectivity index (χ4n) is 1.68. The molecule has 8 heteroatoms. The van der Waals surface area contributed by atoms with E-state index >= 15 is 0 Å². The Balaban J connectivity index is 2.45. The minimum Gasteiger partial charge on any atom is -0.392 e. The van der Waals surface area contributed by atoms with Crippen LogP contribution in [0.2, 0.25) is 0 Å². The quantitative estimate of drug-likeness (QED) is 0.741. The number of rotatable bonds is 4. The van der Waals surface area contributed by atoms with Crippen LogP contribution in [-0.2, 0) is 16.6 Å². The zero-order valence-electron chi connectivity index (χ0n) is 10.5. The van der Waals surface area contributed by atoms with E-state index in [1.54, 1.807) is 22.6 Å². The normalized spacial score (nSPS) is 11.4. The molecule has 0 aliphatic carbocycles. The van der Waals surface area contributed by atoms with E-state index < -0.39 is 28.3 Å². The first-order valence-corrected chi connectivity index (χ1v) is 8.27. The van der Waals surface area contributed by atoms with Gasteiger partial charge in [0.05, 0.1) is 17.2 Å². The van der Waals surface area contributed by atoms with Gasteiger partial charge in [-0.05, 0) is 58.5 Å². The predicted octanol–water partition coefficient (Wildman–Crippen LogP) is 2.86. The average Bonchev–Trinajstić information content (AvgIpc) is 2.42. The lowest BCUT2D eigenvalue weighted by molar-refractivity contribution is 0.278. The van der Waals surface area contributed by atoms with Crippen LogP contribution in [0, 0.1) is 15.2 Å². The van der Waals surface area contributed by atoms with Crippen molar-refractivity contribution in [2.45, 2.75) is 11.5 Å². The monoisotopic (exact) mass is 425 g/mol. The summed E-state index contributed by atoms with van der Waals surface area (Å²) in [7, 11) is -4.09. The lowest BCUT2D eigenvalue weighted by atomic mass is 10.2. The van der Waals surface area contributed by atoms with Gasteiger partial charge in [-0.3, -0.25) is 4.72 Å². The molecule has 0 saturated heterocycles. The van der Waals surface area contributed by atoms with Crippen molar-refractivity contribution in [2.75, 3.05) is 4.72 Å². The summed E-state index contributed by atoms with van der Waals surface area (Å²) in [6, 6.07) is 6.62. The van der Waals surface area contributed by atoms with Crippen LogP contribution < -0.4 is 4.72 Å². The first-order chi connectivity index (χ1) is 9.83. The van der Waals surface area contributed by atoms with Crippen LogP contribution in [0.3, 0.4) is 0 Å². The maximum Gasteiger partial charge on any atom is 0.262 e. The number of sulfonamides is 1. The highest BCUT2D eigenvalue weighted by Gasteiger charge is 2.20. The van der Waals surface area contributed by atoms with Crippen molar-refractivity contribution in [1.82, 2.24) is 0 Å². The number of aliphatic hydroxyl groups is 1. The summed E-state index contributed by atoms with van der Waals surface area (Å²) in [5.74, 6) is -1.23. The second kappa shape index (κ2) is 6.24. The summed E-state index contributed by atoms with van der Waals surface area (Å²) in [4.78, 5) is -0.356. The van der Waals surface area contributed by atoms with Crippen LogP contribution in [0.25, 0.3) is 0 Å². The topological polar surface area (TPSA) is 66.4 Å². The minimum atomic E-state index is -4.09. The molecular weight excluding hydrogens is 415 g/mol. The molecule has 0 bridgehead atoms. The Bertz CT molecular complexity index is 781. The fourth-order valence-corrected chi connectivity index (χ4v) is 3.80. The van der Waals surface area contributed by atoms with Gasteiger partial charge in [0.15, 0.2) is 0 Å². The van der Waals surface area contributed by atoms with Crippen LogP contribution in [0.1, 0.15) is 5.56 Å². The molecule has 0 heterocycles. The summed E-state index contributed by atoms with van der Waals surface area (Å²) < 4.78 is 53.5. The van der Waals surface area contributed by atoms with Crippen molar-refractivity contribution < 1.29 is 22.3 Å². The van der Waals surface area contributed by atoms with E-state index in [4.69, 9.17) is 5.11 Å². The number of benzene rings is 2. The highest BCUT2D eigenvalue weighted by atomic mass is 127. The molecule has 0 spiro atoms. The summed E-state index contributed by atoms with van der Waals surface area (Å²) in [6.45, 7) is -0.545. The zero-order valence-corrected chi connectivity index (χ0v) is 13.5. The molecule has 0 unspecified atom stereocenters. The van der Waals surface area contributed by atoms with Gasteiger partial charge in [0, 0.05) is 3.57 Å². The van der Waals surface area contributed by atoms with Crippen molar-refractivity contribution in [3.63, 3.8) is 0 Å². The first-order valence-electron chi connectivity index (χ1n) is 5.70. The van der Waals surface area contributed by atoms with E-state index in [1.807, 2.05) is 0 Å². The Kier molecular flexibility index (Phi) is 4.79. The Labute approximate surface area is 134 Å². The van der Waals surface area contributed by atoms with Crippen molar-refractivity contribution >= 4 is 38.3 Å². The van der Waals surface area contributed by atoms with E-state index in [-0.39, 0.29) is 16.1 Å². The maximum atomic E-state index is 13.3. The number of hydrogen-bond acceptors (Lipinski definition) is 3. The molecule has 0 aliphatic heterocycles. The number of aliphatic hydroxyl groups excluding tert-OH is 1. The Hall–Kier alpha value is -1.26. The van der Waals surface area contributed by atoms with Crippen LogP contribution in [0.15, 0.2) is 41.3 Å². The molecular formula is C13H10F2INO3S. The largest absolute Gasteiger partial charge is 0.392 e. The van der Waals surface area contributed by atoms with Crippen molar-refractivity contribution in [1.29, 1.82) is 0 Å². The van der Waals surface area contributed by atoms with Crippen LogP contribution in [0.5, 0.6) is 0 Å². The van der Waals surface area contributed by atoms with Gasteiger partial charge >= 0.3 is 0 Å². The number of hydrogen-bond donors (Lipinski definition) is 2. The SMILES string of the molecule is O=S(=O)(Nc1ccc(F)cc1I)c1cc(F)ccc1CO. The van der Waals surface area contributed by atoms with E-state index in [0.29, 0.717) is 3.57 Å². The third-order valence-corrected chi connectivity index (χ3v) is 5.00. The number of anilines is 1. The van der Waals surface area contributed by atoms with Crippen molar-refractivity contribution in [3.05, 3.63) is 57.2 Å². The molecule has 21 heavy (non-hydrogen) atoms. The highest BCUT2D eigenvalue weighted by molar-refractivity contribution is 14.1. The third kappa shape index (κ3) is 3.69. The van der Waals surface area contributed by atoms with E-state index in [2.05, 4.69) is 4.72 Å². The van der Waals surface area contributed by atoms with E-state index in [0.717, 1.165) is 24.3 Å². The van der Waals surface area contributed by atoms with Crippen molar-refractivity contribution in [3.8, 4) is 0 Å². The van der Waals surface area contributed by atoms with E-state index in [1.165, 1.54) is 12.1 Å². The molecule has 0 aliphatic rings. The van der Waals surface area contributed by atoms with Gasteiger partial charge in [0.25, 0.3) is 10.0 Å². The zero-order chi connectivity index (χ0) is 15.6. The van der Waals surface area contributed by atoms with Gasteiger partial charge in [-0.25, -0.2) is 17.2 Å². The molecule has 2 rings (SSSR count). The highest BCUT2D eigenvalue weighted by Crippen LogP contribution is 2.24. The third-order valence-electron chi connectivity index (χ3n) is 2.66. The Morgan fingerprint density at radius 3 is 2.33 bits per heavy atom. The second-order valence-corrected chi connectivity index (χ2v) is 6.95. The molecule has 0 saturated carbocycles. The molecule has 4 nitrogen and oxygen atoms in total. The lowest BCUT2D eigenvalue weighted by Gasteiger charge is -2.12. The molecule has 0 radical (unpaired) electrons. The lowest BCUT2D eigenvalue weighted by Crippen LogP contribution is -2.16. The Morgan fingerprint density at radius 2 is 1.71 bits per heavy atom. The molecule has 0 aromatic heterocycles. The van der Waals surface area contributed by atoms with Gasteiger partial charge in [-0.2, -0.15) is 0 Å². The maximum absolute atomic E-state index is 13.3. The van der Waals surface area contributed by atoms with Gasteiger partial charge in [0.1, 0.15) is 11.6 Å². The summed E-state index contributed by atoms with van der Waals surface area (Å²) >= 11 is 1.78. The summed E-state index contributed by atoms with van der Waals surface area (Å²) in [5, 5.41) is 9.16. The van der Waals surface area contributed by atoms with Crippen molar-refractivity contribution in [2.24, 2.45) is 0 Å². The summed E-state index contributed by atoms with van der Waals surface area (Å²) in [5.41, 5.74) is 0.242.